The first-order chi connectivity index (χ1) is 9.08. The Hall–Kier alpha value is -1.00. The van der Waals surface area contributed by atoms with E-state index in [0.29, 0.717) is 18.5 Å². The molecule has 1 fully saturated rings. The molecule has 1 heterocycles. The normalized spacial score (nSPS) is 19.6. The SMILES string of the molecule is CNC(C)C1CCN(Cc2cc(F)cc(F)c2)CC1. The third-order valence-corrected chi connectivity index (χ3v) is 4.12. The van der Waals surface area contributed by atoms with Crippen molar-refractivity contribution in [2.24, 2.45) is 5.92 Å². The summed E-state index contributed by atoms with van der Waals surface area (Å²) < 4.78 is 26.3. The molecule has 1 aliphatic heterocycles. The van der Waals surface area contributed by atoms with Crippen LogP contribution in [0.25, 0.3) is 0 Å². The zero-order valence-corrected chi connectivity index (χ0v) is 11.6. The van der Waals surface area contributed by atoms with E-state index < -0.39 is 11.6 Å². The van der Waals surface area contributed by atoms with E-state index in [-0.39, 0.29) is 0 Å². The summed E-state index contributed by atoms with van der Waals surface area (Å²) in [6.07, 6.45) is 2.28. The molecule has 2 nitrogen and oxygen atoms in total. The van der Waals surface area contributed by atoms with Crippen molar-refractivity contribution in [3.05, 3.63) is 35.4 Å². The molecule has 1 atom stereocenters. The third-order valence-electron chi connectivity index (χ3n) is 4.12. The fourth-order valence-corrected chi connectivity index (χ4v) is 2.81. The maximum Gasteiger partial charge on any atom is 0.126 e. The summed E-state index contributed by atoms with van der Waals surface area (Å²) in [6, 6.07) is 4.30. The van der Waals surface area contributed by atoms with Gasteiger partial charge < -0.3 is 5.32 Å². The lowest BCUT2D eigenvalue weighted by molar-refractivity contribution is 0.158. The van der Waals surface area contributed by atoms with Gasteiger partial charge in [0.25, 0.3) is 0 Å². The Balaban J connectivity index is 1.88. The quantitative estimate of drug-likeness (QED) is 0.903. The summed E-state index contributed by atoms with van der Waals surface area (Å²) in [7, 11) is 1.99. The van der Waals surface area contributed by atoms with Crippen LogP contribution in [-0.2, 0) is 6.54 Å². The molecule has 0 bridgehead atoms. The summed E-state index contributed by atoms with van der Waals surface area (Å²) in [5.74, 6) is -0.284. The highest BCUT2D eigenvalue weighted by Gasteiger charge is 2.23. The van der Waals surface area contributed by atoms with Crippen molar-refractivity contribution in [3.63, 3.8) is 0 Å². The highest BCUT2D eigenvalue weighted by molar-refractivity contribution is 5.17. The topological polar surface area (TPSA) is 15.3 Å². The lowest BCUT2D eigenvalue weighted by Crippen LogP contribution is -2.40. The molecule has 0 amide bonds. The van der Waals surface area contributed by atoms with Gasteiger partial charge in [0, 0.05) is 18.7 Å². The fourth-order valence-electron chi connectivity index (χ4n) is 2.81. The Morgan fingerprint density at radius 3 is 2.32 bits per heavy atom. The molecule has 1 aromatic carbocycles. The lowest BCUT2D eigenvalue weighted by Gasteiger charge is -2.34. The molecule has 1 unspecified atom stereocenters. The highest BCUT2D eigenvalue weighted by atomic mass is 19.1. The Labute approximate surface area is 113 Å². The van der Waals surface area contributed by atoms with Gasteiger partial charge >= 0.3 is 0 Å². The Morgan fingerprint density at radius 1 is 1.21 bits per heavy atom. The molecule has 0 aromatic heterocycles. The molecule has 106 valence electrons. The molecular formula is C15H22F2N2. The highest BCUT2D eigenvalue weighted by Crippen LogP contribution is 2.22. The van der Waals surface area contributed by atoms with E-state index in [1.165, 1.54) is 12.1 Å². The van der Waals surface area contributed by atoms with Gasteiger partial charge in [-0.05, 0) is 63.5 Å². The molecule has 0 aliphatic carbocycles. The minimum absolute atomic E-state index is 0.492. The van der Waals surface area contributed by atoms with Crippen molar-refractivity contribution in [1.82, 2.24) is 10.2 Å². The smallest absolute Gasteiger partial charge is 0.126 e. The summed E-state index contributed by atoms with van der Waals surface area (Å²) >= 11 is 0. The van der Waals surface area contributed by atoms with Crippen LogP contribution in [0.3, 0.4) is 0 Å². The van der Waals surface area contributed by atoms with Gasteiger partial charge in [-0.25, -0.2) is 8.78 Å². The van der Waals surface area contributed by atoms with Gasteiger partial charge in [-0.15, -0.1) is 0 Å². The molecule has 1 saturated heterocycles. The van der Waals surface area contributed by atoms with Crippen molar-refractivity contribution in [2.75, 3.05) is 20.1 Å². The van der Waals surface area contributed by atoms with Crippen molar-refractivity contribution in [3.8, 4) is 0 Å². The molecular weight excluding hydrogens is 246 g/mol. The molecule has 1 N–H and O–H groups in total. The largest absolute Gasteiger partial charge is 0.317 e. The van der Waals surface area contributed by atoms with E-state index in [4.69, 9.17) is 0 Å². The summed E-state index contributed by atoms with van der Waals surface area (Å²) in [6.45, 7) is 4.83. The van der Waals surface area contributed by atoms with E-state index in [0.717, 1.165) is 37.6 Å². The van der Waals surface area contributed by atoms with Gasteiger partial charge in [-0.3, -0.25) is 4.90 Å². The van der Waals surface area contributed by atoms with E-state index >= 15 is 0 Å². The number of likely N-dealkylation sites (tertiary alicyclic amines) is 1. The Bertz CT molecular complexity index is 394. The summed E-state index contributed by atoms with van der Waals surface area (Å²) in [4.78, 5) is 2.27. The zero-order chi connectivity index (χ0) is 13.8. The molecule has 4 heteroatoms. The number of piperidine rings is 1. The fraction of sp³-hybridized carbons (Fsp3) is 0.600. The molecule has 1 aliphatic rings. The van der Waals surface area contributed by atoms with Gasteiger partial charge in [0.15, 0.2) is 0 Å². The van der Waals surface area contributed by atoms with Crippen LogP contribution in [0.5, 0.6) is 0 Å². The Kier molecular flexibility index (Phi) is 4.88. The van der Waals surface area contributed by atoms with Gasteiger partial charge in [0.2, 0.25) is 0 Å². The van der Waals surface area contributed by atoms with Crippen LogP contribution in [-0.4, -0.2) is 31.1 Å². The summed E-state index contributed by atoms with van der Waals surface area (Å²) in [5, 5.41) is 3.30. The van der Waals surface area contributed by atoms with Gasteiger partial charge in [0.05, 0.1) is 0 Å². The second-order valence-electron chi connectivity index (χ2n) is 5.47. The van der Waals surface area contributed by atoms with E-state index in [9.17, 15) is 8.78 Å². The molecule has 0 radical (unpaired) electrons. The van der Waals surface area contributed by atoms with Gasteiger partial charge in [-0.1, -0.05) is 0 Å². The van der Waals surface area contributed by atoms with E-state index in [2.05, 4.69) is 17.1 Å². The van der Waals surface area contributed by atoms with Gasteiger partial charge in [0.1, 0.15) is 11.6 Å². The summed E-state index contributed by atoms with van der Waals surface area (Å²) in [5.41, 5.74) is 0.720. The van der Waals surface area contributed by atoms with Crippen LogP contribution in [0.4, 0.5) is 8.78 Å². The predicted octanol–water partition coefficient (Wildman–Crippen LogP) is 2.78. The molecule has 2 rings (SSSR count). The third kappa shape index (κ3) is 3.98. The minimum atomic E-state index is -0.492. The van der Waals surface area contributed by atoms with Crippen molar-refractivity contribution >= 4 is 0 Å². The minimum Gasteiger partial charge on any atom is -0.317 e. The maximum absolute atomic E-state index is 13.1. The molecule has 0 saturated carbocycles. The van der Waals surface area contributed by atoms with Crippen LogP contribution in [0.15, 0.2) is 18.2 Å². The van der Waals surface area contributed by atoms with Crippen LogP contribution < -0.4 is 5.32 Å². The first kappa shape index (κ1) is 14.4. The molecule has 19 heavy (non-hydrogen) atoms. The maximum atomic E-state index is 13.1. The average Bonchev–Trinajstić information content (AvgIpc) is 2.37. The van der Waals surface area contributed by atoms with Crippen LogP contribution in [0.2, 0.25) is 0 Å². The number of rotatable bonds is 4. The van der Waals surface area contributed by atoms with Crippen LogP contribution in [0, 0.1) is 17.6 Å². The first-order valence-corrected chi connectivity index (χ1v) is 6.93. The number of hydrogen-bond acceptors (Lipinski definition) is 2. The van der Waals surface area contributed by atoms with E-state index in [1.54, 1.807) is 0 Å². The van der Waals surface area contributed by atoms with E-state index in [1.807, 2.05) is 7.05 Å². The number of hydrogen-bond donors (Lipinski definition) is 1. The molecule has 1 aromatic rings. The number of nitrogens with one attached hydrogen (secondary N) is 1. The van der Waals surface area contributed by atoms with Crippen molar-refractivity contribution in [1.29, 1.82) is 0 Å². The molecule has 0 spiro atoms. The first-order valence-electron chi connectivity index (χ1n) is 6.93. The second kappa shape index (κ2) is 6.44. The van der Waals surface area contributed by atoms with Crippen LogP contribution in [0.1, 0.15) is 25.3 Å². The standard InChI is InChI=1S/C15H22F2N2/c1-11(18-2)13-3-5-19(6-4-13)10-12-7-14(16)9-15(17)8-12/h7-9,11,13,18H,3-6,10H2,1-2H3. The second-order valence-corrected chi connectivity index (χ2v) is 5.47. The number of nitrogens with zero attached hydrogens (tertiary/aromatic N) is 1. The lowest BCUT2D eigenvalue weighted by atomic mass is 9.90. The van der Waals surface area contributed by atoms with Crippen molar-refractivity contribution < 1.29 is 8.78 Å². The Morgan fingerprint density at radius 2 is 1.79 bits per heavy atom. The predicted molar refractivity (Wildman–Crippen MR) is 72.9 cm³/mol. The monoisotopic (exact) mass is 268 g/mol. The van der Waals surface area contributed by atoms with Gasteiger partial charge in [-0.2, -0.15) is 0 Å². The number of benzene rings is 1. The van der Waals surface area contributed by atoms with Crippen LogP contribution >= 0.6 is 0 Å². The number of halogens is 2. The average molecular weight is 268 g/mol. The zero-order valence-electron chi connectivity index (χ0n) is 11.6. The van der Waals surface area contributed by atoms with Crippen molar-refractivity contribution in [2.45, 2.75) is 32.4 Å².